The van der Waals surface area contributed by atoms with E-state index in [2.05, 4.69) is 29.2 Å². The topological polar surface area (TPSA) is 80.9 Å². The van der Waals surface area contributed by atoms with Crippen molar-refractivity contribution in [1.82, 2.24) is 24.4 Å². The van der Waals surface area contributed by atoms with Crippen LogP contribution in [0.2, 0.25) is 0 Å². The zero-order valence-electron chi connectivity index (χ0n) is 14.7. The Balaban J connectivity index is 1.61. The zero-order chi connectivity index (χ0) is 17.8. The molecule has 1 unspecified atom stereocenters. The molecule has 2 aromatic heterocycles. The van der Waals surface area contributed by atoms with Crippen molar-refractivity contribution in [3.63, 3.8) is 0 Å². The summed E-state index contributed by atoms with van der Waals surface area (Å²) in [4.78, 5) is 26.9. The number of pyridine rings is 1. The number of carbonyl (C=O) groups excluding carboxylic acids is 1. The van der Waals surface area contributed by atoms with E-state index in [1.807, 2.05) is 6.07 Å². The van der Waals surface area contributed by atoms with Gasteiger partial charge in [0.15, 0.2) is 5.65 Å². The normalized spacial score (nSPS) is 17.1. The first-order chi connectivity index (χ1) is 12.1. The van der Waals surface area contributed by atoms with E-state index in [1.165, 1.54) is 9.08 Å². The summed E-state index contributed by atoms with van der Waals surface area (Å²) in [6, 6.07) is 5.56. The summed E-state index contributed by atoms with van der Waals surface area (Å²) in [5.41, 5.74) is 0.230. The lowest BCUT2D eigenvalue weighted by atomic mass is 10.0. The molecule has 1 aliphatic heterocycles. The number of amides is 1. The maximum Gasteiger partial charge on any atom is 0.350 e. The van der Waals surface area contributed by atoms with Gasteiger partial charge in [0.05, 0.1) is 13.2 Å². The summed E-state index contributed by atoms with van der Waals surface area (Å²) < 4.78 is 8.03. The molecule has 1 aliphatic rings. The van der Waals surface area contributed by atoms with Crippen molar-refractivity contribution in [2.24, 2.45) is 5.92 Å². The van der Waals surface area contributed by atoms with Crippen LogP contribution in [0.3, 0.4) is 0 Å². The van der Waals surface area contributed by atoms with Gasteiger partial charge < -0.3 is 10.1 Å². The van der Waals surface area contributed by atoms with E-state index in [-0.39, 0.29) is 24.2 Å². The molecule has 0 radical (unpaired) electrons. The van der Waals surface area contributed by atoms with Crippen molar-refractivity contribution < 1.29 is 9.53 Å². The second kappa shape index (κ2) is 7.79. The van der Waals surface area contributed by atoms with Crippen molar-refractivity contribution in [2.45, 2.75) is 26.4 Å². The Bertz CT molecular complexity index is 776. The van der Waals surface area contributed by atoms with E-state index in [4.69, 9.17) is 4.74 Å². The third kappa shape index (κ3) is 4.08. The lowest BCUT2D eigenvalue weighted by molar-refractivity contribution is -0.122. The van der Waals surface area contributed by atoms with Crippen LogP contribution in [0, 0.1) is 5.92 Å². The minimum absolute atomic E-state index is 0.0750. The Kier molecular flexibility index (Phi) is 5.50. The highest BCUT2D eigenvalue weighted by Crippen LogP contribution is 2.12. The van der Waals surface area contributed by atoms with E-state index in [0.717, 1.165) is 26.3 Å². The molecule has 3 rings (SSSR count). The standard InChI is InChI=1S/C17H25N5O3/c1-13(2)14(20-7-9-25-10-8-20)11-18-16(23)12-22-17(24)21-6-4-3-5-15(21)19-22/h3-6,13-14H,7-12H2,1-2H3,(H,18,23). The third-order valence-electron chi connectivity index (χ3n) is 4.57. The van der Waals surface area contributed by atoms with Gasteiger partial charge in [-0.1, -0.05) is 19.9 Å². The predicted molar refractivity (Wildman–Crippen MR) is 93.5 cm³/mol. The highest BCUT2D eigenvalue weighted by atomic mass is 16.5. The molecule has 0 spiro atoms. The summed E-state index contributed by atoms with van der Waals surface area (Å²) in [5.74, 6) is 0.209. The summed E-state index contributed by atoms with van der Waals surface area (Å²) in [6.45, 7) is 8.00. The van der Waals surface area contributed by atoms with Crippen molar-refractivity contribution >= 4 is 11.6 Å². The molecule has 25 heavy (non-hydrogen) atoms. The summed E-state index contributed by atoms with van der Waals surface area (Å²) in [5, 5.41) is 7.13. The first-order valence-corrected chi connectivity index (χ1v) is 8.69. The number of morpholine rings is 1. The van der Waals surface area contributed by atoms with Crippen molar-refractivity contribution in [2.75, 3.05) is 32.8 Å². The Labute approximate surface area is 146 Å². The maximum atomic E-state index is 12.3. The second-order valence-electron chi connectivity index (χ2n) is 6.63. The molecule has 0 aliphatic carbocycles. The number of hydrogen-bond acceptors (Lipinski definition) is 5. The molecular formula is C17H25N5O3. The van der Waals surface area contributed by atoms with E-state index in [1.54, 1.807) is 18.3 Å². The smallest absolute Gasteiger partial charge is 0.350 e. The molecule has 136 valence electrons. The Morgan fingerprint density at radius 1 is 1.32 bits per heavy atom. The average molecular weight is 347 g/mol. The van der Waals surface area contributed by atoms with Gasteiger partial charge in [-0.3, -0.25) is 14.1 Å². The van der Waals surface area contributed by atoms with Gasteiger partial charge in [0.2, 0.25) is 5.91 Å². The first kappa shape index (κ1) is 17.6. The Hall–Kier alpha value is -2.19. The minimum Gasteiger partial charge on any atom is -0.379 e. The molecular weight excluding hydrogens is 322 g/mol. The number of nitrogens with zero attached hydrogens (tertiary/aromatic N) is 4. The highest BCUT2D eigenvalue weighted by molar-refractivity contribution is 5.75. The monoisotopic (exact) mass is 347 g/mol. The zero-order valence-corrected chi connectivity index (χ0v) is 14.7. The Morgan fingerprint density at radius 3 is 2.76 bits per heavy atom. The molecule has 1 saturated heterocycles. The SMILES string of the molecule is CC(C)C(CNC(=O)Cn1nc2ccccn2c1=O)N1CCOCC1. The minimum atomic E-state index is -0.306. The number of rotatable bonds is 6. The fourth-order valence-electron chi connectivity index (χ4n) is 3.18. The number of nitrogens with one attached hydrogen (secondary N) is 1. The highest BCUT2D eigenvalue weighted by Gasteiger charge is 2.24. The van der Waals surface area contributed by atoms with Crippen LogP contribution in [0.25, 0.3) is 5.65 Å². The average Bonchev–Trinajstić information content (AvgIpc) is 2.92. The second-order valence-corrected chi connectivity index (χ2v) is 6.63. The molecule has 0 aromatic carbocycles. The van der Waals surface area contributed by atoms with Gasteiger partial charge in [-0.05, 0) is 18.1 Å². The number of hydrogen-bond donors (Lipinski definition) is 1. The van der Waals surface area contributed by atoms with Crippen LogP contribution in [-0.4, -0.2) is 63.9 Å². The van der Waals surface area contributed by atoms with E-state index in [0.29, 0.717) is 18.1 Å². The number of ether oxygens (including phenoxy) is 1. The van der Waals surface area contributed by atoms with Crippen molar-refractivity contribution in [3.05, 3.63) is 34.9 Å². The molecule has 1 N–H and O–H groups in total. The third-order valence-corrected chi connectivity index (χ3v) is 4.57. The van der Waals surface area contributed by atoms with Gasteiger partial charge in [0.1, 0.15) is 6.54 Å². The van der Waals surface area contributed by atoms with Crippen LogP contribution >= 0.6 is 0 Å². The summed E-state index contributed by atoms with van der Waals surface area (Å²) in [6.07, 6.45) is 1.65. The fourth-order valence-corrected chi connectivity index (χ4v) is 3.18. The Morgan fingerprint density at radius 2 is 2.08 bits per heavy atom. The van der Waals surface area contributed by atoms with Crippen molar-refractivity contribution in [3.8, 4) is 0 Å². The number of carbonyl (C=O) groups is 1. The molecule has 0 saturated carbocycles. The van der Waals surface area contributed by atoms with Gasteiger partial charge in [0.25, 0.3) is 0 Å². The van der Waals surface area contributed by atoms with E-state index < -0.39 is 0 Å². The van der Waals surface area contributed by atoms with Crippen LogP contribution < -0.4 is 11.0 Å². The lowest BCUT2D eigenvalue weighted by Crippen LogP contribution is -2.51. The summed E-state index contributed by atoms with van der Waals surface area (Å²) in [7, 11) is 0. The van der Waals surface area contributed by atoms with Gasteiger partial charge in [-0.2, -0.15) is 0 Å². The fraction of sp³-hybridized carbons (Fsp3) is 0.588. The molecule has 0 bridgehead atoms. The molecule has 1 atom stereocenters. The van der Waals surface area contributed by atoms with E-state index in [9.17, 15) is 9.59 Å². The van der Waals surface area contributed by atoms with Crippen LogP contribution in [0.4, 0.5) is 0 Å². The molecule has 8 heteroatoms. The van der Waals surface area contributed by atoms with Gasteiger partial charge in [0, 0.05) is 31.9 Å². The first-order valence-electron chi connectivity index (χ1n) is 8.69. The maximum absolute atomic E-state index is 12.3. The van der Waals surface area contributed by atoms with Crippen molar-refractivity contribution in [1.29, 1.82) is 0 Å². The molecule has 1 fully saturated rings. The lowest BCUT2D eigenvalue weighted by Gasteiger charge is -2.36. The molecule has 3 heterocycles. The van der Waals surface area contributed by atoms with Crippen LogP contribution in [0.5, 0.6) is 0 Å². The predicted octanol–water partition coefficient (Wildman–Crippen LogP) is -0.0310. The number of aromatic nitrogens is 3. The van der Waals surface area contributed by atoms with Gasteiger partial charge in [-0.25, -0.2) is 9.48 Å². The summed E-state index contributed by atoms with van der Waals surface area (Å²) >= 11 is 0. The van der Waals surface area contributed by atoms with Crippen LogP contribution in [-0.2, 0) is 16.1 Å². The quantitative estimate of drug-likeness (QED) is 0.794. The van der Waals surface area contributed by atoms with Crippen LogP contribution in [0.1, 0.15) is 13.8 Å². The van der Waals surface area contributed by atoms with Gasteiger partial charge in [-0.15, -0.1) is 5.10 Å². The van der Waals surface area contributed by atoms with Crippen LogP contribution in [0.15, 0.2) is 29.2 Å². The van der Waals surface area contributed by atoms with E-state index >= 15 is 0 Å². The molecule has 1 amide bonds. The molecule has 2 aromatic rings. The largest absolute Gasteiger partial charge is 0.379 e. The van der Waals surface area contributed by atoms with Gasteiger partial charge >= 0.3 is 5.69 Å². The number of fused-ring (bicyclic) bond motifs is 1. The molecule has 8 nitrogen and oxygen atoms in total.